The summed E-state index contributed by atoms with van der Waals surface area (Å²) in [6.45, 7) is 3.84. The molecule has 0 fully saturated rings. The number of carbonyl (C=O) groups excluding carboxylic acids is 1. The van der Waals surface area contributed by atoms with Crippen molar-refractivity contribution in [2.75, 3.05) is 6.54 Å². The third kappa shape index (κ3) is 4.17. The quantitative estimate of drug-likeness (QED) is 0.885. The van der Waals surface area contributed by atoms with Crippen LogP contribution in [0.25, 0.3) is 0 Å². The van der Waals surface area contributed by atoms with Crippen LogP contribution in [-0.4, -0.2) is 17.4 Å². The molecule has 1 amide bonds. The molecule has 0 radical (unpaired) electrons. The summed E-state index contributed by atoms with van der Waals surface area (Å²) in [5, 5.41) is 0. The summed E-state index contributed by atoms with van der Waals surface area (Å²) in [7, 11) is 0. The van der Waals surface area contributed by atoms with Crippen molar-refractivity contribution in [3.8, 4) is 0 Å². The fourth-order valence-corrected chi connectivity index (χ4v) is 2.38. The molecule has 2 aromatic rings. The largest absolute Gasteiger partial charge is 0.338 e. The van der Waals surface area contributed by atoms with Gasteiger partial charge in [0.25, 0.3) is 0 Å². The number of nitrogens with two attached hydrogens (primary N) is 1. The molecular formula is C18H22N2O. The highest BCUT2D eigenvalue weighted by Gasteiger charge is 2.14. The Labute approximate surface area is 126 Å². The minimum Gasteiger partial charge on any atom is -0.338 e. The van der Waals surface area contributed by atoms with E-state index in [1.54, 1.807) is 0 Å². The maximum atomic E-state index is 12.5. The summed E-state index contributed by atoms with van der Waals surface area (Å²) in [4.78, 5) is 14.4. The Balaban J connectivity index is 2.06. The molecule has 0 bridgehead atoms. The van der Waals surface area contributed by atoms with E-state index >= 15 is 0 Å². The number of benzene rings is 2. The van der Waals surface area contributed by atoms with Gasteiger partial charge in [0.2, 0.25) is 5.91 Å². The molecule has 0 aliphatic carbocycles. The number of nitrogens with zero attached hydrogens (tertiary/aromatic N) is 1. The summed E-state index contributed by atoms with van der Waals surface area (Å²) >= 11 is 0. The Morgan fingerprint density at radius 3 is 2.24 bits per heavy atom. The van der Waals surface area contributed by atoms with Crippen LogP contribution in [0.15, 0.2) is 54.6 Å². The van der Waals surface area contributed by atoms with Gasteiger partial charge in [0, 0.05) is 19.6 Å². The molecule has 0 aliphatic rings. The van der Waals surface area contributed by atoms with Crippen molar-refractivity contribution in [2.24, 2.45) is 5.73 Å². The second-order valence-corrected chi connectivity index (χ2v) is 5.04. The zero-order valence-electron chi connectivity index (χ0n) is 12.5. The van der Waals surface area contributed by atoms with Crippen molar-refractivity contribution in [3.05, 3.63) is 71.3 Å². The molecule has 3 heteroatoms. The first kappa shape index (κ1) is 15.3. The molecule has 2 N–H and O–H groups in total. The van der Waals surface area contributed by atoms with Crippen molar-refractivity contribution in [2.45, 2.75) is 26.4 Å². The number of carbonyl (C=O) groups is 1. The molecular weight excluding hydrogens is 260 g/mol. The highest BCUT2D eigenvalue weighted by molar-refractivity contribution is 5.79. The van der Waals surface area contributed by atoms with E-state index in [0.717, 1.165) is 16.7 Å². The first-order chi connectivity index (χ1) is 10.2. The lowest BCUT2D eigenvalue weighted by molar-refractivity contribution is -0.130. The van der Waals surface area contributed by atoms with E-state index in [1.165, 1.54) is 0 Å². The van der Waals surface area contributed by atoms with Gasteiger partial charge in [-0.05, 0) is 23.6 Å². The number of rotatable bonds is 6. The highest BCUT2D eigenvalue weighted by atomic mass is 16.2. The summed E-state index contributed by atoms with van der Waals surface area (Å²) in [6.07, 6.45) is 0.411. The molecule has 0 saturated carbocycles. The van der Waals surface area contributed by atoms with Gasteiger partial charge in [0.15, 0.2) is 0 Å². The maximum absolute atomic E-state index is 12.5. The van der Waals surface area contributed by atoms with Crippen molar-refractivity contribution >= 4 is 5.91 Å². The van der Waals surface area contributed by atoms with E-state index in [4.69, 9.17) is 5.73 Å². The van der Waals surface area contributed by atoms with E-state index < -0.39 is 0 Å². The third-order valence-corrected chi connectivity index (χ3v) is 3.63. The Morgan fingerprint density at radius 2 is 1.62 bits per heavy atom. The molecule has 2 aromatic carbocycles. The van der Waals surface area contributed by atoms with Crippen LogP contribution in [0.4, 0.5) is 0 Å². The van der Waals surface area contributed by atoms with Crippen molar-refractivity contribution in [1.29, 1.82) is 0 Å². The monoisotopic (exact) mass is 282 g/mol. The molecule has 0 unspecified atom stereocenters. The average molecular weight is 282 g/mol. The lowest BCUT2D eigenvalue weighted by Gasteiger charge is -2.21. The van der Waals surface area contributed by atoms with Crippen molar-refractivity contribution in [3.63, 3.8) is 0 Å². The molecule has 0 saturated heterocycles. The second-order valence-electron chi connectivity index (χ2n) is 5.04. The Morgan fingerprint density at radius 1 is 1.00 bits per heavy atom. The number of hydrogen-bond donors (Lipinski definition) is 1. The minimum atomic E-state index is 0.141. The minimum absolute atomic E-state index is 0.141. The van der Waals surface area contributed by atoms with E-state index in [0.29, 0.717) is 26.1 Å². The van der Waals surface area contributed by atoms with Gasteiger partial charge in [0.05, 0.1) is 6.42 Å². The fourth-order valence-electron chi connectivity index (χ4n) is 2.38. The zero-order valence-corrected chi connectivity index (χ0v) is 12.5. The van der Waals surface area contributed by atoms with Crippen LogP contribution in [0.3, 0.4) is 0 Å². The van der Waals surface area contributed by atoms with Gasteiger partial charge in [-0.3, -0.25) is 4.79 Å². The Bertz CT molecular complexity index is 581. The molecule has 21 heavy (non-hydrogen) atoms. The van der Waals surface area contributed by atoms with E-state index in [2.05, 4.69) is 0 Å². The van der Waals surface area contributed by atoms with Crippen LogP contribution in [0.5, 0.6) is 0 Å². The summed E-state index contributed by atoms with van der Waals surface area (Å²) in [6, 6.07) is 17.9. The van der Waals surface area contributed by atoms with Gasteiger partial charge in [-0.15, -0.1) is 0 Å². The second kappa shape index (κ2) is 7.60. The normalized spacial score (nSPS) is 10.4. The predicted octanol–water partition coefficient (Wildman–Crippen LogP) is 2.74. The van der Waals surface area contributed by atoms with Crippen molar-refractivity contribution in [1.82, 2.24) is 4.90 Å². The molecule has 0 spiro atoms. The predicted molar refractivity (Wildman–Crippen MR) is 85.6 cm³/mol. The number of likely N-dealkylation sites (N-methyl/N-ethyl adjacent to an activating group) is 1. The first-order valence-corrected chi connectivity index (χ1v) is 7.33. The Hall–Kier alpha value is -2.13. The average Bonchev–Trinajstić information content (AvgIpc) is 2.54. The molecule has 3 nitrogen and oxygen atoms in total. The molecule has 110 valence electrons. The van der Waals surface area contributed by atoms with Crippen LogP contribution in [0.2, 0.25) is 0 Å². The third-order valence-electron chi connectivity index (χ3n) is 3.63. The van der Waals surface area contributed by atoms with Crippen LogP contribution in [0.1, 0.15) is 23.6 Å². The van der Waals surface area contributed by atoms with Crippen LogP contribution in [0, 0.1) is 0 Å². The molecule has 0 aliphatic heterocycles. The van der Waals surface area contributed by atoms with Crippen LogP contribution >= 0.6 is 0 Å². The fraction of sp³-hybridized carbons (Fsp3) is 0.278. The lowest BCUT2D eigenvalue weighted by atomic mass is 10.0. The highest BCUT2D eigenvalue weighted by Crippen LogP contribution is 2.12. The van der Waals surface area contributed by atoms with E-state index in [9.17, 15) is 4.79 Å². The van der Waals surface area contributed by atoms with Gasteiger partial charge in [-0.2, -0.15) is 0 Å². The van der Waals surface area contributed by atoms with Gasteiger partial charge in [-0.1, -0.05) is 54.6 Å². The molecule has 0 atom stereocenters. The standard InChI is InChI=1S/C18H22N2O/c1-2-20(14-15-8-4-3-5-9-15)18(21)12-16-10-6-7-11-17(16)13-19/h3-11H,2,12-14,19H2,1H3. The zero-order chi connectivity index (χ0) is 15.1. The summed E-state index contributed by atoms with van der Waals surface area (Å²) in [5.74, 6) is 0.141. The maximum Gasteiger partial charge on any atom is 0.227 e. The smallest absolute Gasteiger partial charge is 0.227 e. The van der Waals surface area contributed by atoms with Crippen LogP contribution in [-0.2, 0) is 24.3 Å². The molecule has 0 heterocycles. The number of hydrogen-bond acceptors (Lipinski definition) is 2. The SMILES string of the molecule is CCN(Cc1ccccc1)C(=O)Cc1ccccc1CN. The van der Waals surface area contributed by atoms with Gasteiger partial charge >= 0.3 is 0 Å². The molecule has 0 aromatic heterocycles. The van der Waals surface area contributed by atoms with Crippen LogP contribution < -0.4 is 5.73 Å². The molecule has 2 rings (SSSR count). The van der Waals surface area contributed by atoms with E-state index in [-0.39, 0.29) is 5.91 Å². The van der Waals surface area contributed by atoms with Gasteiger partial charge in [0.1, 0.15) is 0 Å². The lowest BCUT2D eigenvalue weighted by Crippen LogP contribution is -2.31. The Kier molecular flexibility index (Phi) is 5.52. The van der Waals surface area contributed by atoms with Gasteiger partial charge < -0.3 is 10.6 Å². The van der Waals surface area contributed by atoms with Crippen molar-refractivity contribution < 1.29 is 4.79 Å². The number of amides is 1. The topological polar surface area (TPSA) is 46.3 Å². The first-order valence-electron chi connectivity index (χ1n) is 7.33. The van der Waals surface area contributed by atoms with E-state index in [1.807, 2.05) is 66.4 Å². The summed E-state index contributed by atoms with van der Waals surface area (Å²) in [5.41, 5.74) is 8.95. The van der Waals surface area contributed by atoms with Gasteiger partial charge in [-0.25, -0.2) is 0 Å². The summed E-state index contributed by atoms with van der Waals surface area (Å²) < 4.78 is 0.